The molecule has 6 heteroatoms. The molecule has 3 aliphatic carbocycles. The number of rotatable bonds is 0. The molecule has 6 aromatic rings. The van der Waals surface area contributed by atoms with Gasteiger partial charge in [-0.05, 0) is 125 Å². The molecule has 0 N–H and O–H groups in total. The molecular formula is C45H30F2S4. The molecule has 0 saturated heterocycles. The molecule has 0 aromatic heterocycles. The van der Waals surface area contributed by atoms with Crippen molar-refractivity contribution in [1.82, 2.24) is 0 Å². The molecular weight excluding hydrogens is 707 g/mol. The first-order valence-electron chi connectivity index (χ1n) is 17.2. The van der Waals surface area contributed by atoms with Crippen LogP contribution in [-0.4, -0.2) is 0 Å². The van der Waals surface area contributed by atoms with Crippen LogP contribution in [0.3, 0.4) is 0 Å². The molecule has 0 unspecified atom stereocenters. The van der Waals surface area contributed by atoms with Crippen molar-refractivity contribution in [1.29, 1.82) is 0 Å². The predicted molar refractivity (Wildman–Crippen MR) is 208 cm³/mol. The quantitative estimate of drug-likeness (QED) is 0.152. The van der Waals surface area contributed by atoms with Gasteiger partial charge in [-0.3, -0.25) is 0 Å². The molecule has 0 fully saturated rings. The van der Waals surface area contributed by atoms with E-state index in [0.29, 0.717) is 10.4 Å². The van der Waals surface area contributed by atoms with Crippen LogP contribution in [0.4, 0.5) is 8.78 Å². The monoisotopic (exact) mass is 736 g/mol. The second-order valence-corrected chi connectivity index (χ2v) is 19.8. The zero-order valence-corrected chi connectivity index (χ0v) is 31.5. The molecule has 6 aromatic carbocycles. The van der Waals surface area contributed by atoms with Gasteiger partial charge < -0.3 is 0 Å². The van der Waals surface area contributed by atoms with Gasteiger partial charge in [0.1, 0.15) is 0 Å². The summed E-state index contributed by atoms with van der Waals surface area (Å²) in [5.74, 6) is -3.09. The summed E-state index contributed by atoms with van der Waals surface area (Å²) >= 11 is 7.26. The van der Waals surface area contributed by atoms with Gasteiger partial charge in [-0.1, -0.05) is 123 Å². The maximum Gasteiger partial charge on any atom is 0.299 e. The lowest BCUT2D eigenvalue weighted by Crippen LogP contribution is -2.19. The van der Waals surface area contributed by atoms with Crippen LogP contribution in [0.1, 0.15) is 61.1 Å². The summed E-state index contributed by atoms with van der Waals surface area (Å²) < 4.78 is 36.1. The van der Waals surface area contributed by atoms with Gasteiger partial charge in [0.05, 0.1) is 8.47 Å². The lowest BCUT2D eigenvalue weighted by Gasteiger charge is -2.23. The zero-order chi connectivity index (χ0) is 34.6. The van der Waals surface area contributed by atoms with E-state index in [1.165, 1.54) is 49.6 Å². The van der Waals surface area contributed by atoms with Crippen molar-refractivity contribution in [3.05, 3.63) is 184 Å². The molecule has 0 amide bonds. The molecule has 0 radical (unpaired) electrons. The Labute approximate surface area is 310 Å². The van der Waals surface area contributed by atoms with Gasteiger partial charge in [0.15, 0.2) is 0 Å². The Morgan fingerprint density at radius 3 is 1.06 bits per heavy atom. The topological polar surface area (TPSA) is 0 Å². The van der Waals surface area contributed by atoms with E-state index in [-0.39, 0.29) is 22.0 Å². The molecule has 0 bridgehead atoms. The predicted octanol–water partition coefficient (Wildman–Crippen LogP) is 11.2. The second-order valence-electron chi connectivity index (χ2n) is 15.1. The van der Waals surface area contributed by atoms with Crippen LogP contribution in [-0.2, 0) is 16.8 Å². The average molecular weight is 737 g/mol. The largest absolute Gasteiger partial charge is 0.299 e. The molecule has 51 heavy (non-hydrogen) atoms. The maximum atomic E-state index is 16.8. The average Bonchev–Trinajstić information content (AvgIpc) is 3.90. The number of alkyl halides is 2. The van der Waals surface area contributed by atoms with E-state index >= 15 is 8.78 Å². The number of benzene rings is 6. The van der Waals surface area contributed by atoms with E-state index in [1.807, 2.05) is 59.2 Å². The molecule has 5 aliphatic rings. The van der Waals surface area contributed by atoms with Crippen molar-refractivity contribution in [3.8, 4) is 0 Å². The summed E-state index contributed by atoms with van der Waals surface area (Å²) in [7, 11) is 0. The Hall–Kier alpha value is -3.68. The lowest BCUT2D eigenvalue weighted by molar-refractivity contribution is 0.0452. The van der Waals surface area contributed by atoms with Crippen LogP contribution in [0.2, 0.25) is 0 Å². The molecule has 248 valence electrons. The number of hydrogen-bond donors (Lipinski definition) is 0. The number of hydrogen-bond acceptors (Lipinski definition) is 4. The molecule has 0 saturated carbocycles. The van der Waals surface area contributed by atoms with E-state index in [0.717, 1.165) is 32.0 Å². The first-order chi connectivity index (χ1) is 24.5. The highest BCUT2D eigenvalue weighted by Crippen LogP contribution is 2.53. The molecule has 0 nitrogen and oxygen atoms in total. The van der Waals surface area contributed by atoms with Gasteiger partial charge in [0.25, 0.3) is 5.92 Å². The molecule has 0 spiro atoms. The number of thioether (sulfide) groups is 4. The van der Waals surface area contributed by atoms with E-state index in [9.17, 15) is 0 Å². The fraction of sp³-hybridized carbons (Fsp3) is 0.156. The van der Waals surface area contributed by atoms with Crippen molar-refractivity contribution >= 4 is 55.5 Å². The van der Waals surface area contributed by atoms with Gasteiger partial charge in [-0.15, -0.1) is 0 Å². The Kier molecular flexibility index (Phi) is 6.21. The van der Waals surface area contributed by atoms with Crippen LogP contribution in [0.25, 0.3) is 8.47 Å². The van der Waals surface area contributed by atoms with E-state index < -0.39 is 5.92 Å². The Balaban J connectivity index is 1.10. The summed E-state index contributed by atoms with van der Waals surface area (Å²) in [6.07, 6.45) is 0. The van der Waals surface area contributed by atoms with Gasteiger partial charge in [-0.2, -0.15) is 8.78 Å². The summed E-state index contributed by atoms with van der Waals surface area (Å²) in [4.78, 5) is 5.14. The Morgan fingerprint density at radius 2 is 0.686 bits per heavy atom. The van der Waals surface area contributed by atoms with Gasteiger partial charge in [0.2, 0.25) is 0 Å². The standard InChI is InChI=1S/C45H30F2S4/c1-43(2)31-17-23(41-48-37-9-5-6-10-38(37)49-41)13-15-25(31)27-21-35-29(19-33(27)43)30-20-34-28(22-36(30)45(35,46)47)26-16-14-24(18-32(26)44(34,3)4)42-50-39-11-7-8-12-40(39)51-42/h5-22H,1-4H3. The van der Waals surface area contributed by atoms with Crippen LogP contribution < -0.4 is 10.4 Å². The van der Waals surface area contributed by atoms with Crippen LogP contribution in [0.5, 0.6) is 0 Å². The summed E-state index contributed by atoms with van der Waals surface area (Å²) in [6, 6.07) is 38.1. The fourth-order valence-corrected chi connectivity index (χ4v) is 13.8. The van der Waals surface area contributed by atoms with Crippen molar-refractivity contribution in [2.45, 2.75) is 64.0 Å². The maximum absolute atomic E-state index is 16.8. The number of fused-ring (bicyclic) bond motifs is 8. The smallest absolute Gasteiger partial charge is 0.196 e. The second kappa shape index (κ2) is 10.3. The Morgan fingerprint density at radius 1 is 0.373 bits per heavy atom. The normalized spacial score (nSPS) is 18.5. The SMILES string of the molecule is CC1(C)c2cc(=C3Sc4ccccc4S3)ccc2=c2cc3c(cc21)=c1cc2c(cc1C3(F)F)=c1ccc(=C3Sc4ccccc4S3)cc1C2(C)C. The van der Waals surface area contributed by atoms with Gasteiger partial charge in [-0.25, -0.2) is 0 Å². The zero-order valence-electron chi connectivity index (χ0n) is 28.3. The first kappa shape index (κ1) is 30.9. The summed E-state index contributed by atoms with van der Waals surface area (Å²) in [5, 5.41) is 7.71. The van der Waals surface area contributed by atoms with Crippen molar-refractivity contribution in [2.24, 2.45) is 0 Å². The van der Waals surface area contributed by atoms with Crippen molar-refractivity contribution < 1.29 is 8.78 Å². The summed E-state index contributed by atoms with van der Waals surface area (Å²) in [6.45, 7) is 8.97. The van der Waals surface area contributed by atoms with Gasteiger partial charge >= 0.3 is 0 Å². The van der Waals surface area contributed by atoms with Crippen molar-refractivity contribution in [3.63, 3.8) is 0 Å². The minimum atomic E-state index is -3.09. The fourth-order valence-electron chi connectivity index (χ4n) is 8.84. The van der Waals surface area contributed by atoms with E-state index in [2.05, 4.69) is 125 Å². The highest BCUT2D eigenvalue weighted by molar-refractivity contribution is 8.32. The molecule has 2 aliphatic heterocycles. The third-order valence-electron chi connectivity index (χ3n) is 11.6. The highest BCUT2D eigenvalue weighted by atomic mass is 32.2. The van der Waals surface area contributed by atoms with Crippen LogP contribution >= 0.6 is 47.0 Å². The third kappa shape index (κ3) is 4.14. The molecule has 2 heterocycles. The van der Waals surface area contributed by atoms with Crippen LogP contribution in [0.15, 0.2) is 129 Å². The van der Waals surface area contributed by atoms with E-state index in [4.69, 9.17) is 0 Å². The van der Waals surface area contributed by atoms with Crippen molar-refractivity contribution in [2.75, 3.05) is 0 Å². The Bertz CT molecular complexity index is 2810. The minimum absolute atomic E-state index is 0.124. The first-order valence-corrected chi connectivity index (χ1v) is 20.5. The lowest BCUT2D eigenvalue weighted by atomic mass is 9.80. The highest BCUT2D eigenvalue weighted by Gasteiger charge is 2.44. The van der Waals surface area contributed by atoms with Gasteiger partial charge in [0, 0.05) is 41.5 Å². The molecule has 11 rings (SSSR count). The third-order valence-corrected chi connectivity index (χ3v) is 16.8. The number of halogens is 2. The van der Waals surface area contributed by atoms with E-state index in [1.54, 1.807) is 0 Å². The van der Waals surface area contributed by atoms with Crippen LogP contribution in [0, 0.1) is 31.3 Å². The minimum Gasteiger partial charge on any atom is -0.196 e. The summed E-state index contributed by atoms with van der Waals surface area (Å²) in [5.41, 5.74) is 4.23. The molecule has 0 atom stereocenters.